The summed E-state index contributed by atoms with van der Waals surface area (Å²) in [4.78, 5) is 29.3. The largest absolute Gasteiger partial charge is 0.573 e. The standard InChI is InChI=1S/C19H15F3N2O4S/c20-19(21,22)28-10-5-3-4-9(8-10)23-16(26)14-15(25)13-11-6-1-2-7-12(11)29-18(13)24-17(14)27/h3-5,8H,1-2,6-7H2,(H,23,26)(H2,24,25,27). The number of rotatable bonds is 3. The lowest BCUT2D eigenvalue weighted by Crippen LogP contribution is -2.23. The quantitative estimate of drug-likeness (QED) is 0.584. The number of aryl methyl sites for hydroxylation is 2. The molecule has 29 heavy (non-hydrogen) atoms. The zero-order valence-electron chi connectivity index (χ0n) is 14.9. The van der Waals surface area contributed by atoms with Gasteiger partial charge in [0.05, 0.1) is 5.39 Å². The molecule has 6 nitrogen and oxygen atoms in total. The minimum atomic E-state index is -4.87. The molecule has 152 valence electrons. The Morgan fingerprint density at radius 3 is 2.76 bits per heavy atom. The molecule has 10 heteroatoms. The van der Waals surface area contributed by atoms with Crippen LogP contribution in [0.5, 0.6) is 11.5 Å². The van der Waals surface area contributed by atoms with Crippen molar-refractivity contribution in [2.75, 3.05) is 5.32 Å². The first-order chi connectivity index (χ1) is 13.7. The Balaban J connectivity index is 1.69. The Bertz CT molecular complexity index is 1170. The second-order valence-corrected chi connectivity index (χ2v) is 7.73. The Morgan fingerprint density at radius 2 is 2.00 bits per heavy atom. The van der Waals surface area contributed by atoms with Crippen molar-refractivity contribution >= 4 is 33.1 Å². The first kappa shape index (κ1) is 19.3. The van der Waals surface area contributed by atoms with E-state index in [1.54, 1.807) is 0 Å². The van der Waals surface area contributed by atoms with Crippen molar-refractivity contribution in [2.24, 2.45) is 0 Å². The molecule has 0 bridgehead atoms. The molecule has 4 rings (SSSR count). The molecule has 0 fully saturated rings. The maximum absolute atomic E-state index is 12.6. The monoisotopic (exact) mass is 424 g/mol. The van der Waals surface area contributed by atoms with Gasteiger partial charge in [0.15, 0.2) is 0 Å². The van der Waals surface area contributed by atoms with Crippen molar-refractivity contribution in [1.82, 2.24) is 4.98 Å². The van der Waals surface area contributed by atoms with Crippen LogP contribution in [0, 0.1) is 0 Å². The Kier molecular flexibility index (Phi) is 4.73. The lowest BCUT2D eigenvalue weighted by atomic mass is 9.96. The summed E-state index contributed by atoms with van der Waals surface area (Å²) in [5.74, 6) is -1.86. The van der Waals surface area contributed by atoms with E-state index in [-0.39, 0.29) is 5.69 Å². The average Bonchev–Trinajstić information content (AvgIpc) is 2.98. The van der Waals surface area contributed by atoms with Crippen LogP contribution in [-0.4, -0.2) is 22.4 Å². The summed E-state index contributed by atoms with van der Waals surface area (Å²) >= 11 is 1.39. The van der Waals surface area contributed by atoms with E-state index < -0.39 is 34.9 Å². The van der Waals surface area contributed by atoms with Gasteiger partial charge in [0.1, 0.15) is 21.9 Å². The van der Waals surface area contributed by atoms with Gasteiger partial charge < -0.3 is 20.1 Å². The van der Waals surface area contributed by atoms with Crippen LogP contribution in [0.4, 0.5) is 18.9 Å². The highest BCUT2D eigenvalue weighted by atomic mass is 32.1. The summed E-state index contributed by atoms with van der Waals surface area (Å²) < 4.78 is 40.9. The summed E-state index contributed by atoms with van der Waals surface area (Å²) in [6.07, 6.45) is -1.31. The topological polar surface area (TPSA) is 91.4 Å². The molecule has 1 aliphatic rings. The molecule has 0 aliphatic heterocycles. The van der Waals surface area contributed by atoms with Crippen molar-refractivity contribution in [3.05, 3.63) is 50.6 Å². The van der Waals surface area contributed by atoms with Crippen LogP contribution in [-0.2, 0) is 12.8 Å². The van der Waals surface area contributed by atoms with E-state index >= 15 is 0 Å². The van der Waals surface area contributed by atoms with E-state index in [2.05, 4.69) is 15.0 Å². The fourth-order valence-electron chi connectivity index (χ4n) is 3.48. The minimum absolute atomic E-state index is 0.0111. The number of hydrogen-bond acceptors (Lipinski definition) is 5. The second kappa shape index (κ2) is 7.11. The van der Waals surface area contributed by atoms with Gasteiger partial charge in [-0.05, 0) is 43.4 Å². The average molecular weight is 424 g/mol. The summed E-state index contributed by atoms with van der Waals surface area (Å²) in [7, 11) is 0. The molecule has 1 amide bonds. The Labute approximate surface area is 165 Å². The third-order valence-electron chi connectivity index (χ3n) is 4.65. The number of aromatic nitrogens is 1. The number of aromatic hydroxyl groups is 1. The van der Waals surface area contributed by atoms with E-state index in [4.69, 9.17) is 0 Å². The van der Waals surface area contributed by atoms with Crippen LogP contribution in [0.1, 0.15) is 33.6 Å². The van der Waals surface area contributed by atoms with Crippen LogP contribution in [0.25, 0.3) is 10.2 Å². The SMILES string of the molecule is O=C(Nc1cccc(OC(F)(F)F)c1)c1c(O)c2c3c(sc2[nH]c1=O)CCCC3. The van der Waals surface area contributed by atoms with Crippen molar-refractivity contribution in [3.8, 4) is 11.5 Å². The second-order valence-electron chi connectivity index (χ2n) is 6.62. The van der Waals surface area contributed by atoms with Gasteiger partial charge in [0.2, 0.25) is 0 Å². The highest BCUT2D eigenvalue weighted by Gasteiger charge is 2.31. The van der Waals surface area contributed by atoms with Gasteiger partial charge in [-0.1, -0.05) is 6.07 Å². The minimum Gasteiger partial charge on any atom is -0.506 e. The predicted molar refractivity (Wildman–Crippen MR) is 102 cm³/mol. The number of ether oxygens (including phenoxy) is 1. The number of hydrogen-bond donors (Lipinski definition) is 3. The number of fused-ring (bicyclic) bond motifs is 3. The van der Waals surface area contributed by atoms with Crippen molar-refractivity contribution in [2.45, 2.75) is 32.0 Å². The number of thiophene rings is 1. The van der Waals surface area contributed by atoms with Gasteiger partial charge >= 0.3 is 6.36 Å². The number of carbonyl (C=O) groups excluding carboxylic acids is 1. The molecule has 1 aliphatic carbocycles. The van der Waals surface area contributed by atoms with E-state index in [9.17, 15) is 27.9 Å². The molecule has 1 aromatic carbocycles. The predicted octanol–water partition coefficient (Wildman–Crippen LogP) is 4.32. The number of alkyl halides is 3. The summed E-state index contributed by atoms with van der Waals surface area (Å²) in [6, 6.07) is 4.66. The fourth-order valence-corrected chi connectivity index (χ4v) is 4.76. The summed E-state index contributed by atoms with van der Waals surface area (Å²) in [5, 5.41) is 13.5. The highest BCUT2D eigenvalue weighted by molar-refractivity contribution is 7.18. The van der Waals surface area contributed by atoms with Gasteiger partial charge in [-0.15, -0.1) is 24.5 Å². The molecule has 0 atom stereocenters. The maximum Gasteiger partial charge on any atom is 0.573 e. The van der Waals surface area contributed by atoms with E-state index in [1.165, 1.54) is 23.5 Å². The lowest BCUT2D eigenvalue weighted by Gasteiger charge is -2.12. The molecule has 2 aromatic heterocycles. The fraction of sp³-hybridized carbons (Fsp3) is 0.263. The first-order valence-corrected chi connectivity index (χ1v) is 9.61. The number of benzene rings is 1. The summed E-state index contributed by atoms with van der Waals surface area (Å²) in [5.41, 5.74) is -0.331. The molecule has 0 unspecified atom stereocenters. The first-order valence-electron chi connectivity index (χ1n) is 8.79. The third kappa shape index (κ3) is 3.80. The zero-order chi connectivity index (χ0) is 20.8. The van der Waals surface area contributed by atoms with Crippen molar-refractivity contribution in [3.63, 3.8) is 0 Å². The Hall–Kier alpha value is -3.01. The van der Waals surface area contributed by atoms with Crippen LogP contribution in [0.3, 0.4) is 0 Å². The molecule has 0 saturated heterocycles. The van der Waals surface area contributed by atoms with Crippen molar-refractivity contribution in [1.29, 1.82) is 0 Å². The molecule has 3 N–H and O–H groups in total. The smallest absolute Gasteiger partial charge is 0.506 e. The number of nitrogens with one attached hydrogen (secondary N) is 2. The molecule has 0 saturated carbocycles. The highest BCUT2D eigenvalue weighted by Crippen LogP contribution is 2.40. The van der Waals surface area contributed by atoms with Gasteiger partial charge in [-0.3, -0.25) is 9.59 Å². The van der Waals surface area contributed by atoms with Crippen LogP contribution in [0.15, 0.2) is 29.1 Å². The number of amides is 1. The number of anilines is 1. The normalized spacial score (nSPS) is 13.9. The third-order valence-corrected chi connectivity index (χ3v) is 5.86. The number of aromatic amines is 1. The van der Waals surface area contributed by atoms with Crippen LogP contribution < -0.4 is 15.6 Å². The van der Waals surface area contributed by atoms with E-state index in [1.807, 2.05) is 0 Å². The van der Waals surface area contributed by atoms with Gasteiger partial charge in [0, 0.05) is 16.6 Å². The molecular formula is C19H15F3N2O4S. The molecular weight excluding hydrogens is 409 g/mol. The molecule has 0 spiro atoms. The van der Waals surface area contributed by atoms with Crippen LogP contribution >= 0.6 is 11.3 Å². The Morgan fingerprint density at radius 1 is 1.24 bits per heavy atom. The van der Waals surface area contributed by atoms with Crippen LogP contribution in [0.2, 0.25) is 0 Å². The molecule has 3 aromatic rings. The van der Waals surface area contributed by atoms with Gasteiger partial charge in [-0.2, -0.15) is 0 Å². The number of carbonyl (C=O) groups is 1. The number of halogens is 3. The van der Waals surface area contributed by atoms with E-state index in [0.717, 1.165) is 48.3 Å². The zero-order valence-corrected chi connectivity index (χ0v) is 15.7. The molecule has 2 heterocycles. The van der Waals surface area contributed by atoms with Gasteiger partial charge in [0.25, 0.3) is 11.5 Å². The number of pyridine rings is 1. The van der Waals surface area contributed by atoms with Crippen molar-refractivity contribution < 1.29 is 27.8 Å². The summed E-state index contributed by atoms with van der Waals surface area (Å²) in [6.45, 7) is 0. The number of H-pyrrole nitrogens is 1. The maximum atomic E-state index is 12.6. The molecule has 0 radical (unpaired) electrons. The van der Waals surface area contributed by atoms with Gasteiger partial charge in [-0.25, -0.2) is 0 Å². The van der Waals surface area contributed by atoms with E-state index in [0.29, 0.717) is 10.2 Å². The lowest BCUT2D eigenvalue weighted by molar-refractivity contribution is -0.274.